The number of thiophene rings is 1. The first-order valence-electron chi connectivity index (χ1n) is 6.88. The molecule has 0 atom stereocenters. The Morgan fingerprint density at radius 2 is 2.25 bits per heavy atom. The van der Waals surface area contributed by atoms with Gasteiger partial charge >= 0.3 is 0 Å². The van der Waals surface area contributed by atoms with Crippen LogP contribution < -0.4 is 0 Å². The van der Waals surface area contributed by atoms with Crippen molar-refractivity contribution < 1.29 is 0 Å². The molecule has 4 nitrogen and oxygen atoms in total. The Morgan fingerprint density at radius 1 is 1.35 bits per heavy atom. The molecule has 0 N–H and O–H groups in total. The fourth-order valence-electron chi connectivity index (χ4n) is 2.50. The zero-order valence-corrected chi connectivity index (χ0v) is 12.3. The summed E-state index contributed by atoms with van der Waals surface area (Å²) in [6.45, 7) is 2.98. The van der Waals surface area contributed by atoms with Crippen LogP contribution >= 0.6 is 11.3 Å². The molecule has 0 bridgehead atoms. The summed E-state index contributed by atoms with van der Waals surface area (Å²) >= 11 is 1.69. The Kier molecular flexibility index (Phi) is 3.66. The Labute approximate surface area is 122 Å². The van der Waals surface area contributed by atoms with Gasteiger partial charge in [-0.2, -0.15) is 5.26 Å². The highest BCUT2D eigenvalue weighted by Crippen LogP contribution is 2.24. The summed E-state index contributed by atoms with van der Waals surface area (Å²) < 4.78 is 2.11. The number of hydrogen-bond donors (Lipinski definition) is 0. The molecule has 0 unspecified atom stereocenters. The molecule has 0 spiro atoms. The minimum atomic E-state index is 0.604. The predicted molar refractivity (Wildman–Crippen MR) is 80.1 cm³/mol. The quantitative estimate of drug-likeness (QED) is 0.794. The Morgan fingerprint density at radius 3 is 3.00 bits per heavy atom. The number of rotatable bonds is 2. The Hall–Kier alpha value is -1.93. The van der Waals surface area contributed by atoms with Crippen molar-refractivity contribution in [3.63, 3.8) is 0 Å². The number of hydrogen-bond acceptors (Lipinski definition) is 4. The van der Waals surface area contributed by atoms with Gasteiger partial charge in [0, 0.05) is 22.7 Å². The van der Waals surface area contributed by atoms with Gasteiger partial charge in [-0.05, 0) is 38.0 Å². The smallest absolute Gasteiger partial charge is 0.174 e. The zero-order valence-electron chi connectivity index (χ0n) is 11.5. The summed E-state index contributed by atoms with van der Waals surface area (Å²) in [5.74, 6) is 1.73. The summed E-state index contributed by atoms with van der Waals surface area (Å²) in [7, 11) is 0. The molecule has 0 aromatic carbocycles. The number of fused-ring (bicyclic) bond motifs is 1. The molecule has 0 amide bonds. The Bertz CT molecular complexity index is 687. The lowest BCUT2D eigenvalue weighted by Crippen LogP contribution is -2.05. The van der Waals surface area contributed by atoms with E-state index in [1.54, 1.807) is 11.3 Å². The van der Waals surface area contributed by atoms with Gasteiger partial charge in [0.05, 0.1) is 5.57 Å². The van der Waals surface area contributed by atoms with Crippen LogP contribution in [0.5, 0.6) is 0 Å². The highest BCUT2D eigenvalue weighted by Gasteiger charge is 2.17. The van der Waals surface area contributed by atoms with Crippen LogP contribution in [0, 0.1) is 18.3 Å². The van der Waals surface area contributed by atoms with Gasteiger partial charge < -0.3 is 4.57 Å². The van der Waals surface area contributed by atoms with Crippen molar-refractivity contribution in [1.82, 2.24) is 14.8 Å². The third kappa shape index (κ3) is 2.52. The van der Waals surface area contributed by atoms with E-state index in [0.717, 1.165) is 42.3 Å². The minimum absolute atomic E-state index is 0.604. The van der Waals surface area contributed by atoms with Crippen LogP contribution in [-0.2, 0) is 13.0 Å². The zero-order chi connectivity index (χ0) is 13.9. The van der Waals surface area contributed by atoms with Crippen LogP contribution in [-0.4, -0.2) is 14.8 Å². The van der Waals surface area contributed by atoms with Gasteiger partial charge in [-0.1, -0.05) is 6.42 Å². The second kappa shape index (κ2) is 5.59. The monoisotopic (exact) mass is 284 g/mol. The van der Waals surface area contributed by atoms with E-state index in [0.29, 0.717) is 5.57 Å². The van der Waals surface area contributed by atoms with E-state index in [9.17, 15) is 5.26 Å². The number of allylic oxidation sites excluding steroid dienone is 1. The van der Waals surface area contributed by atoms with E-state index < -0.39 is 0 Å². The minimum Gasteiger partial charge on any atom is -0.310 e. The summed E-state index contributed by atoms with van der Waals surface area (Å²) in [4.78, 5) is 2.33. The second-order valence-electron chi connectivity index (χ2n) is 5.02. The molecule has 2 aromatic heterocycles. The largest absolute Gasteiger partial charge is 0.310 e. The molecule has 0 fully saturated rings. The maximum Gasteiger partial charge on any atom is 0.174 e. The van der Waals surface area contributed by atoms with Crippen molar-refractivity contribution in [3.8, 4) is 6.07 Å². The third-order valence-corrected chi connectivity index (χ3v) is 4.47. The van der Waals surface area contributed by atoms with Crippen molar-refractivity contribution in [2.45, 2.75) is 39.2 Å². The first kappa shape index (κ1) is 13.1. The fourth-order valence-corrected chi connectivity index (χ4v) is 3.33. The molecule has 20 heavy (non-hydrogen) atoms. The molecule has 1 aliphatic heterocycles. The lowest BCUT2D eigenvalue weighted by molar-refractivity contribution is 0.627. The maximum absolute atomic E-state index is 9.44. The SMILES string of the molecule is Cc1ccc(C=C(C#N)c2nnc3n2CCCCC3)s1. The van der Waals surface area contributed by atoms with Gasteiger partial charge in [-0.3, -0.25) is 0 Å². The number of aromatic nitrogens is 3. The standard InChI is InChI=1S/C15H16N4S/c1-11-6-7-13(20-11)9-12(10-16)15-18-17-14-5-3-2-4-8-19(14)15/h6-7,9H,2-5,8H2,1H3. The highest BCUT2D eigenvalue weighted by atomic mass is 32.1. The van der Waals surface area contributed by atoms with Crippen LogP contribution in [0.2, 0.25) is 0 Å². The van der Waals surface area contributed by atoms with Crippen LogP contribution in [0.3, 0.4) is 0 Å². The van der Waals surface area contributed by atoms with Crippen molar-refractivity contribution >= 4 is 23.0 Å². The van der Waals surface area contributed by atoms with E-state index in [2.05, 4.69) is 33.8 Å². The van der Waals surface area contributed by atoms with Gasteiger partial charge in [0.2, 0.25) is 0 Å². The normalized spacial score (nSPS) is 15.5. The molecule has 2 aromatic rings. The van der Waals surface area contributed by atoms with Gasteiger partial charge in [0.15, 0.2) is 5.82 Å². The van der Waals surface area contributed by atoms with Crippen LogP contribution in [0.4, 0.5) is 0 Å². The molecule has 5 heteroatoms. The van der Waals surface area contributed by atoms with Crippen molar-refractivity contribution in [2.24, 2.45) is 0 Å². The molecular formula is C15H16N4S. The van der Waals surface area contributed by atoms with Crippen LogP contribution in [0.1, 0.15) is 40.7 Å². The predicted octanol–water partition coefficient (Wildman–Crippen LogP) is 3.44. The van der Waals surface area contributed by atoms with Gasteiger partial charge in [-0.15, -0.1) is 21.5 Å². The van der Waals surface area contributed by atoms with E-state index in [4.69, 9.17) is 0 Å². The summed E-state index contributed by atoms with van der Waals surface area (Å²) in [6.07, 6.45) is 6.39. The van der Waals surface area contributed by atoms with E-state index >= 15 is 0 Å². The molecule has 3 heterocycles. The first-order chi connectivity index (χ1) is 9.78. The highest BCUT2D eigenvalue weighted by molar-refractivity contribution is 7.12. The molecular weight excluding hydrogens is 268 g/mol. The lowest BCUT2D eigenvalue weighted by Gasteiger charge is -2.05. The maximum atomic E-state index is 9.44. The van der Waals surface area contributed by atoms with E-state index in [-0.39, 0.29) is 0 Å². The van der Waals surface area contributed by atoms with E-state index in [1.165, 1.54) is 11.3 Å². The van der Waals surface area contributed by atoms with Crippen LogP contribution in [0.15, 0.2) is 12.1 Å². The number of nitriles is 1. The second-order valence-corrected chi connectivity index (χ2v) is 6.34. The molecule has 0 saturated carbocycles. The Balaban J connectivity index is 2.00. The summed E-state index contributed by atoms with van der Waals surface area (Å²) in [6, 6.07) is 6.38. The van der Waals surface area contributed by atoms with E-state index in [1.807, 2.05) is 12.1 Å². The van der Waals surface area contributed by atoms with Gasteiger partial charge in [-0.25, -0.2) is 0 Å². The summed E-state index contributed by atoms with van der Waals surface area (Å²) in [5.41, 5.74) is 0.604. The lowest BCUT2D eigenvalue weighted by atomic mass is 10.2. The molecule has 102 valence electrons. The van der Waals surface area contributed by atoms with Gasteiger partial charge in [0.1, 0.15) is 11.9 Å². The topological polar surface area (TPSA) is 54.5 Å². The summed E-state index contributed by atoms with van der Waals surface area (Å²) in [5, 5.41) is 17.9. The van der Waals surface area contributed by atoms with Crippen LogP contribution in [0.25, 0.3) is 11.6 Å². The molecule has 0 aliphatic carbocycles. The van der Waals surface area contributed by atoms with Gasteiger partial charge in [0.25, 0.3) is 0 Å². The third-order valence-electron chi connectivity index (χ3n) is 3.52. The van der Waals surface area contributed by atoms with Crippen molar-refractivity contribution in [1.29, 1.82) is 5.26 Å². The van der Waals surface area contributed by atoms with Crippen molar-refractivity contribution in [3.05, 3.63) is 33.5 Å². The average molecular weight is 284 g/mol. The molecule has 0 radical (unpaired) electrons. The number of aryl methyl sites for hydroxylation is 2. The molecule has 1 aliphatic rings. The first-order valence-corrected chi connectivity index (χ1v) is 7.70. The molecule has 0 saturated heterocycles. The average Bonchev–Trinajstić information content (AvgIpc) is 2.96. The van der Waals surface area contributed by atoms with Crippen molar-refractivity contribution in [2.75, 3.05) is 0 Å². The fraction of sp³-hybridized carbons (Fsp3) is 0.400. The molecule has 3 rings (SSSR count). The number of nitrogens with zero attached hydrogens (tertiary/aromatic N) is 4.